The first kappa shape index (κ1) is 19.2. The zero-order valence-corrected chi connectivity index (χ0v) is 17.1. The van der Waals surface area contributed by atoms with Crippen LogP contribution in [0.15, 0.2) is 36.4 Å². The van der Waals surface area contributed by atoms with Crippen LogP contribution >= 0.6 is 23.1 Å². The van der Waals surface area contributed by atoms with Crippen molar-refractivity contribution in [1.29, 1.82) is 0 Å². The van der Waals surface area contributed by atoms with Crippen LogP contribution in [0.1, 0.15) is 29.6 Å². The van der Waals surface area contributed by atoms with Gasteiger partial charge in [0.15, 0.2) is 6.61 Å². The molecular formula is C20H16ClFN4O3S. The summed E-state index contributed by atoms with van der Waals surface area (Å²) in [6.45, 7) is -0.218. The SMILES string of the molecule is O=C(COc1ccc(Cl)c(F)c1)NC12CC(NC(=O)c3ccc4snnc4c3)(C1)C2. The van der Waals surface area contributed by atoms with Gasteiger partial charge in [0.25, 0.3) is 11.8 Å². The van der Waals surface area contributed by atoms with Gasteiger partial charge >= 0.3 is 0 Å². The van der Waals surface area contributed by atoms with E-state index in [2.05, 4.69) is 20.2 Å². The molecule has 154 valence electrons. The summed E-state index contributed by atoms with van der Waals surface area (Å²) in [5.41, 5.74) is 0.665. The van der Waals surface area contributed by atoms with Gasteiger partial charge in [-0.3, -0.25) is 9.59 Å². The Morgan fingerprint density at radius 1 is 1.13 bits per heavy atom. The summed E-state index contributed by atoms with van der Waals surface area (Å²) in [5, 5.41) is 10.0. The molecule has 0 atom stereocenters. The number of carbonyl (C=O) groups excluding carboxylic acids is 2. The molecule has 7 nitrogen and oxygen atoms in total. The van der Waals surface area contributed by atoms with E-state index in [4.69, 9.17) is 16.3 Å². The summed E-state index contributed by atoms with van der Waals surface area (Å²) in [6.07, 6.45) is 2.02. The molecule has 0 aliphatic heterocycles. The van der Waals surface area contributed by atoms with Crippen molar-refractivity contribution < 1.29 is 18.7 Å². The molecule has 3 aliphatic carbocycles. The first-order chi connectivity index (χ1) is 14.4. The van der Waals surface area contributed by atoms with Crippen LogP contribution in [-0.4, -0.2) is 39.1 Å². The minimum Gasteiger partial charge on any atom is -0.484 e. The van der Waals surface area contributed by atoms with Crippen LogP contribution in [0.25, 0.3) is 10.2 Å². The molecule has 2 N–H and O–H groups in total. The van der Waals surface area contributed by atoms with Crippen LogP contribution in [0, 0.1) is 5.82 Å². The number of aromatic nitrogens is 2. The summed E-state index contributed by atoms with van der Waals surface area (Å²) >= 11 is 6.91. The Morgan fingerprint density at radius 3 is 2.67 bits per heavy atom. The second kappa shape index (κ2) is 6.88. The fourth-order valence-corrected chi connectivity index (χ4v) is 4.99. The number of ether oxygens (including phenoxy) is 1. The zero-order valence-electron chi connectivity index (χ0n) is 15.6. The lowest BCUT2D eigenvalue weighted by atomic mass is 9.44. The van der Waals surface area contributed by atoms with Crippen molar-refractivity contribution >= 4 is 45.2 Å². The average molecular weight is 447 g/mol. The van der Waals surface area contributed by atoms with E-state index < -0.39 is 5.82 Å². The summed E-state index contributed by atoms with van der Waals surface area (Å²) in [7, 11) is 0. The number of nitrogens with one attached hydrogen (secondary N) is 2. The van der Waals surface area contributed by atoms with Crippen molar-refractivity contribution in [2.24, 2.45) is 0 Å². The van der Waals surface area contributed by atoms with Gasteiger partial charge in [-0.1, -0.05) is 16.1 Å². The minimum atomic E-state index is -0.600. The lowest BCUT2D eigenvalue weighted by molar-refractivity contribution is -0.141. The predicted octanol–water partition coefficient (Wildman–Crippen LogP) is 3.08. The number of hydrogen-bond donors (Lipinski definition) is 2. The fourth-order valence-electron chi connectivity index (χ4n) is 4.34. The van der Waals surface area contributed by atoms with E-state index in [0.717, 1.165) is 10.8 Å². The third-order valence-corrected chi connectivity index (χ3v) is 6.60. The standard InChI is InChI=1S/C20H16ClFN4O3S/c21-13-3-2-12(6-14(13)22)29-7-17(27)23-19-8-20(9-19,10-19)24-18(28)11-1-4-16-15(5-11)25-26-30-16/h1-6H,7-10H2,(H,23,27)(H,24,28). The van der Waals surface area contributed by atoms with E-state index in [0.29, 0.717) is 30.3 Å². The lowest BCUT2D eigenvalue weighted by Crippen LogP contribution is -2.84. The highest BCUT2D eigenvalue weighted by molar-refractivity contribution is 7.12. The van der Waals surface area contributed by atoms with E-state index in [1.54, 1.807) is 12.1 Å². The molecule has 2 amide bonds. The molecule has 3 aliphatic rings. The number of fused-ring (bicyclic) bond motifs is 1. The third-order valence-electron chi connectivity index (χ3n) is 5.58. The van der Waals surface area contributed by atoms with Gasteiger partial charge in [-0.2, -0.15) is 0 Å². The van der Waals surface area contributed by atoms with Gasteiger partial charge in [0, 0.05) is 22.7 Å². The van der Waals surface area contributed by atoms with Gasteiger partial charge in [-0.15, -0.1) is 5.10 Å². The third kappa shape index (κ3) is 3.37. The largest absolute Gasteiger partial charge is 0.484 e. The lowest BCUT2D eigenvalue weighted by Gasteiger charge is -2.70. The normalized spacial score (nSPS) is 23.9. The fraction of sp³-hybridized carbons (Fsp3) is 0.300. The molecule has 10 heteroatoms. The maximum atomic E-state index is 13.4. The van der Waals surface area contributed by atoms with Gasteiger partial charge in [0.2, 0.25) is 0 Å². The molecule has 3 aromatic rings. The number of nitrogens with zero attached hydrogens (tertiary/aromatic N) is 2. The van der Waals surface area contributed by atoms with Crippen LogP contribution in [0.2, 0.25) is 5.02 Å². The van der Waals surface area contributed by atoms with Crippen LogP contribution < -0.4 is 15.4 Å². The highest BCUT2D eigenvalue weighted by Crippen LogP contribution is 2.60. The van der Waals surface area contributed by atoms with Gasteiger partial charge in [0.1, 0.15) is 17.1 Å². The van der Waals surface area contributed by atoms with Crippen molar-refractivity contribution in [2.75, 3.05) is 6.61 Å². The highest BCUT2D eigenvalue weighted by Gasteiger charge is 2.69. The Labute approximate surface area is 179 Å². The van der Waals surface area contributed by atoms with Crippen LogP contribution in [0.3, 0.4) is 0 Å². The predicted molar refractivity (Wildman–Crippen MR) is 109 cm³/mol. The maximum absolute atomic E-state index is 13.4. The van der Waals surface area contributed by atoms with Gasteiger partial charge in [0.05, 0.1) is 9.72 Å². The van der Waals surface area contributed by atoms with E-state index in [1.165, 1.54) is 23.7 Å². The van der Waals surface area contributed by atoms with Crippen molar-refractivity contribution in [2.45, 2.75) is 30.3 Å². The molecule has 3 saturated carbocycles. The molecular weight excluding hydrogens is 431 g/mol. The summed E-state index contributed by atoms with van der Waals surface area (Å²) in [4.78, 5) is 24.8. The molecule has 1 heterocycles. The first-order valence-electron chi connectivity index (χ1n) is 9.29. The molecule has 0 spiro atoms. The van der Waals surface area contributed by atoms with E-state index in [1.807, 2.05) is 6.07 Å². The second-order valence-corrected chi connectivity index (χ2v) is 9.11. The number of benzene rings is 2. The van der Waals surface area contributed by atoms with E-state index in [9.17, 15) is 14.0 Å². The Hall–Kier alpha value is -2.78. The van der Waals surface area contributed by atoms with Crippen LogP contribution in [0.5, 0.6) is 5.75 Å². The van der Waals surface area contributed by atoms with Crippen LogP contribution in [-0.2, 0) is 4.79 Å². The molecule has 2 bridgehead atoms. The highest BCUT2D eigenvalue weighted by atomic mass is 35.5. The molecule has 0 radical (unpaired) electrons. The molecule has 0 saturated heterocycles. The molecule has 2 aromatic carbocycles. The van der Waals surface area contributed by atoms with Crippen molar-refractivity contribution in [1.82, 2.24) is 20.2 Å². The number of rotatable bonds is 6. The quantitative estimate of drug-likeness (QED) is 0.607. The maximum Gasteiger partial charge on any atom is 0.258 e. The monoisotopic (exact) mass is 446 g/mol. The zero-order chi connectivity index (χ0) is 20.9. The summed E-state index contributed by atoms with van der Waals surface area (Å²) < 4.78 is 23.6. The van der Waals surface area contributed by atoms with Gasteiger partial charge in [-0.05, 0) is 61.1 Å². The topological polar surface area (TPSA) is 93.2 Å². The number of amides is 2. The smallest absolute Gasteiger partial charge is 0.258 e. The molecule has 30 heavy (non-hydrogen) atoms. The molecule has 3 fully saturated rings. The Bertz CT molecular complexity index is 1160. The molecule has 6 rings (SSSR count). The molecule has 0 unspecified atom stereocenters. The Balaban J connectivity index is 1.11. The summed E-state index contributed by atoms with van der Waals surface area (Å²) in [6, 6.07) is 9.35. The van der Waals surface area contributed by atoms with E-state index in [-0.39, 0.29) is 40.3 Å². The Morgan fingerprint density at radius 2 is 1.90 bits per heavy atom. The van der Waals surface area contributed by atoms with Gasteiger partial charge < -0.3 is 15.4 Å². The number of hydrogen-bond acceptors (Lipinski definition) is 6. The number of carbonyl (C=O) groups is 2. The van der Waals surface area contributed by atoms with Gasteiger partial charge in [-0.25, -0.2) is 4.39 Å². The number of halogens is 2. The molecule has 1 aromatic heterocycles. The first-order valence-corrected chi connectivity index (χ1v) is 10.4. The van der Waals surface area contributed by atoms with Crippen LogP contribution in [0.4, 0.5) is 4.39 Å². The Kier molecular flexibility index (Phi) is 4.41. The van der Waals surface area contributed by atoms with E-state index >= 15 is 0 Å². The minimum absolute atomic E-state index is 0.00353. The summed E-state index contributed by atoms with van der Waals surface area (Å²) in [5.74, 6) is -0.804. The van der Waals surface area contributed by atoms with Crippen molar-refractivity contribution in [3.8, 4) is 5.75 Å². The van der Waals surface area contributed by atoms with Crippen molar-refractivity contribution in [3.63, 3.8) is 0 Å². The van der Waals surface area contributed by atoms with Crippen molar-refractivity contribution in [3.05, 3.63) is 52.8 Å². The average Bonchev–Trinajstić information content (AvgIpc) is 3.14. The second-order valence-electron chi connectivity index (χ2n) is 7.91.